The third kappa shape index (κ3) is 4.59. The van der Waals surface area contributed by atoms with Gasteiger partial charge in [0.05, 0.1) is 0 Å². The minimum absolute atomic E-state index is 0.0375. The van der Waals surface area contributed by atoms with Crippen LogP contribution in [0.15, 0.2) is 23.0 Å². The molecule has 0 unspecified atom stereocenters. The van der Waals surface area contributed by atoms with Crippen molar-refractivity contribution in [3.8, 4) is 0 Å². The first kappa shape index (κ1) is 13.4. The summed E-state index contributed by atoms with van der Waals surface area (Å²) in [4.78, 5) is 0. The maximum Gasteiger partial charge on any atom is 0.103 e. The van der Waals surface area contributed by atoms with Gasteiger partial charge in [-0.15, -0.1) is 0 Å². The van der Waals surface area contributed by atoms with E-state index in [0.29, 0.717) is 6.42 Å². The monoisotopic (exact) mass is 198 g/mol. The third-order valence-electron chi connectivity index (χ3n) is 2.29. The van der Waals surface area contributed by atoms with Crippen molar-refractivity contribution in [1.82, 2.24) is 0 Å². The zero-order chi connectivity index (χ0) is 11.1. The summed E-state index contributed by atoms with van der Waals surface area (Å²) in [6.07, 6.45) is 4.71. The molecule has 0 aromatic carbocycles. The van der Waals surface area contributed by atoms with E-state index in [1.807, 2.05) is 26.8 Å². The summed E-state index contributed by atoms with van der Waals surface area (Å²) in [5.74, 6) is 0.317. The normalized spacial score (nSPS) is 14.6. The van der Waals surface area contributed by atoms with Crippen LogP contribution in [0, 0.1) is 5.92 Å². The van der Waals surface area contributed by atoms with Crippen molar-refractivity contribution in [2.24, 2.45) is 5.92 Å². The molecule has 0 aromatic heterocycles. The molecule has 0 aliphatic carbocycles. The molecule has 0 radical (unpaired) electrons. The van der Waals surface area contributed by atoms with E-state index in [0.717, 1.165) is 18.4 Å². The lowest BCUT2D eigenvalue weighted by molar-refractivity contribution is 0.572. The van der Waals surface area contributed by atoms with Crippen molar-refractivity contribution < 1.29 is 4.39 Å². The van der Waals surface area contributed by atoms with Gasteiger partial charge in [0.2, 0.25) is 0 Å². The molecule has 0 amide bonds. The first-order valence-electron chi connectivity index (χ1n) is 5.58. The second-order valence-electron chi connectivity index (χ2n) is 4.11. The Hall–Kier alpha value is -0.590. The van der Waals surface area contributed by atoms with E-state index in [1.165, 1.54) is 5.57 Å². The molecule has 0 spiro atoms. The van der Waals surface area contributed by atoms with Crippen LogP contribution in [-0.4, -0.2) is 0 Å². The molecule has 0 aliphatic rings. The highest BCUT2D eigenvalue weighted by atomic mass is 19.1. The first-order valence-corrected chi connectivity index (χ1v) is 5.58. The van der Waals surface area contributed by atoms with Crippen molar-refractivity contribution in [3.63, 3.8) is 0 Å². The van der Waals surface area contributed by atoms with Gasteiger partial charge in [-0.05, 0) is 31.3 Å². The standard InChI is InChI=1S/C13H23F/c1-6-8-11(5)9-12(10(3)4)13(14)7-2/h9-10H,6-8H2,1-5H3/b11-9+,13-12-. The second kappa shape index (κ2) is 6.80. The van der Waals surface area contributed by atoms with Gasteiger partial charge < -0.3 is 0 Å². The smallest absolute Gasteiger partial charge is 0.103 e. The van der Waals surface area contributed by atoms with Gasteiger partial charge in [-0.3, -0.25) is 0 Å². The van der Waals surface area contributed by atoms with E-state index in [4.69, 9.17) is 0 Å². The maximum absolute atomic E-state index is 13.5. The van der Waals surface area contributed by atoms with Gasteiger partial charge >= 0.3 is 0 Å². The van der Waals surface area contributed by atoms with E-state index in [9.17, 15) is 4.39 Å². The van der Waals surface area contributed by atoms with Crippen LogP contribution < -0.4 is 0 Å². The van der Waals surface area contributed by atoms with Gasteiger partial charge in [-0.25, -0.2) is 4.39 Å². The van der Waals surface area contributed by atoms with E-state index in [2.05, 4.69) is 13.8 Å². The second-order valence-corrected chi connectivity index (χ2v) is 4.11. The number of allylic oxidation sites excluding steroid dienone is 4. The van der Waals surface area contributed by atoms with Crippen molar-refractivity contribution in [3.05, 3.63) is 23.0 Å². The topological polar surface area (TPSA) is 0 Å². The summed E-state index contributed by atoms with van der Waals surface area (Å²) in [6.45, 7) is 10.2. The minimum atomic E-state index is 0.0375. The quantitative estimate of drug-likeness (QED) is 0.544. The average Bonchev–Trinajstić information content (AvgIpc) is 2.13. The summed E-state index contributed by atoms with van der Waals surface area (Å²) in [5, 5.41) is 0. The average molecular weight is 198 g/mol. The fraction of sp³-hybridized carbons (Fsp3) is 0.692. The van der Waals surface area contributed by atoms with Gasteiger partial charge in [0.1, 0.15) is 5.83 Å². The van der Waals surface area contributed by atoms with E-state index in [1.54, 1.807) is 0 Å². The Balaban J connectivity index is 4.78. The van der Waals surface area contributed by atoms with Crippen LogP contribution in [0.3, 0.4) is 0 Å². The molecule has 0 fully saturated rings. The number of halogens is 1. The van der Waals surface area contributed by atoms with E-state index >= 15 is 0 Å². The van der Waals surface area contributed by atoms with Crippen LogP contribution in [0.2, 0.25) is 0 Å². The molecule has 0 atom stereocenters. The highest BCUT2D eigenvalue weighted by molar-refractivity contribution is 5.27. The van der Waals surface area contributed by atoms with Crippen molar-refractivity contribution in [1.29, 1.82) is 0 Å². The third-order valence-corrected chi connectivity index (χ3v) is 2.29. The molecule has 1 heteroatoms. The van der Waals surface area contributed by atoms with E-state index < -0.39 is 0 Å². The Morgan fingerprint density at radius 1 is 1.29 bits per heavy atom. The Bertz CT molecular complexity index is 221. The Morgan fingerprint density at radius 2 is 1.86 bits per heavy atom. The summed E-state index contributed by atoms with van der Waals surface area (Å²) in [7, 11) is 0. The van der Waals surface area contributed by atoms with Crippen LogP contribution >= 0.6 is 0 Å². The minimum Gasteiger partial charge on any atom is -0.212 e. The zero-order valence-corrected chi connectivity index (χ0v) is 10.2. The van der Waals surface area contributed by atoms with Gasteiger partial charge in [-0.1, -0.05) is 45.8 Å². The van der Waals surface area contributed by atoms with Crippen molar-refractivity contribution in [2.75, 3.05) is 0 Å². The molecule has 0 saturated carbocycles. The first-order chi connectivity index (χ1) is 6.52. The molecule has 0 bridgehead atoms. The van der Waals surface area contributed by atoms with Crippen LogP contribution in [0.5, 0.6) is 0 Å². The molecule has 0 aromatic rings. The summed E-state index contributed by atoms with van der Waals surface area (Å²) < 4.78 is 13.5. The van der Waals surface area contributed by atoms with Gasteiger partial charge in [-0.2, -0.15) is 0 Å². The SMILES string of the molecule is CCC/C(C)=C/C(=C(/F)CC)C(C)C. The largest absolute Gasteiger partial charge is 0.212 e. The van der Waals surface area contributed by atoms with Crippen molar-refractivity contribution >= 4 is 0 Å². The molecule has 0 N–H and O–H groups in total. The molecule has 14 heavy (non-hydrogen) atoms. The highest BCUT2D eigenvalue weighted by Gasteiger charge is 2.07. The zero-order valence-electron chi connectivity index (χ0n) is 10.2. The summed E-state index contributed by atoms with van der Waals surface area (Å²) in [5.41, 5.74) is 2.15. The predicted molar refractivity (Wildman–Crippen MR) is 61.9 cm³/mol. The molecule has 82 valence electrons. The van der Waals surface area contributed by atoms with Crippen LogP contribution in [-0.2, 0) is 0 Å². The lowest BCUT2D eigenvalue weighted by atomic mass is 9.98. The van der Waals surface area contributed by atoms with Crippen LogP contribution in [0.25, 0.3) is 0 Å². The fourth-order valence-corrected chi connectivity index (χ4v) is 1.49. The van der Waals surface area contributed by atoms with E-state index in [-0.39, 0.29) is 11.7 Å². The van der Waals surface area contributed by atoms with Crippen molar-refractivity contribution in [2.45, 2.75) is 53.9 Å². The molecule has 0 heterocycles. The molecule has 0 aliphatic heterocycles. The fourth-order valence-electron chi connectivity index (χ4n) is 1.49. The van der Waals surface area contributed by atoms with Gasteiger partial charge in [0.25, 0.3) is 0 Å². The summed E-state index contributed by atoms with van der Waals surface area (Å²) in [6, 6.07) is 0. The van der Waals surface area contributed by atoms with Crippen LogP contribution in [0.4, 0.5) is 4.39 Å². The van der Waals surface area contributed by atoms with Gasteiger partial charge in [0, 0.05) is 0 Å². The Labute approximate surface area is 87.9 Å². The predicted octanol–water partition coefficient (Wildman–Crippen LogP) is 5.02. The number of rotatable bonds is 5. The number of hydrogen-bond acceptors (Lipinski definition) is 0. The molecule has 0 rings (SSSR count). The molecular weight excluding hydrogens is 175 g/mol. The molecule has 0 nitrogen and oxygen atoms in total. The Kier molecular flexibility index (Phi) is 6.52. The number of hydrogen-bond donors (Lipinski definition) is 0. The summed E-state index contributed by atoms with van der Waals surface area (Å²) >= 11 is 0. The van der Waals surface area contributed by atoms with Gasteiger partial charge in [0.15, 0.2) is 0 Å². The maximum atomic E-state index is 13.5. The molecule has 0 saturated heterocycles. The lowest BCUT2D eigenvalue weighted by Crippen LogP contribution is -1.95. The molecular formula is C13H23F. The Morgan fingerprint density at radius 3 is 2.21 bits per heavy atom. The van der Waals surface area contributed by atoms with Crippen LogP contribution in [0.1, 0.15) is 53.9 Å². The highest BCUT2D eigenvalue weighted by Crippen LogP contribution is 2.22. The lowest BCUT2D eigenvalue weighted by Gasteiger charge is -2.10.